The van der Waals surface area contributed by atoms with Gasteiger partial charge in [0.1, 0.15) is 11.5 Å². The molecule has 0 saturated carbocycles. The van der Waals surface area contributed by atoms with Crippen molar-refractivity contribution in [1.29, 1.82) is 0 Å². The van der Waals surface area contributed by atoms with Crippen molar-refractivity contribution in [2.45, 2.75) is 38.6 Å². The second kappa shape index (κ2) is 4.78. The van der Waals surface area contributed by atoms with Crippen molar-refractivity contribution in [1.82, 2.24) is 9.88 Å². The number of hydrogen-bond donors (Lipinski definition) is 0. The molecular formula is C12H18N2O2. The van der Waals surface area contributed by atoms with Gasteiger partial charge in [-0.05, 0) is 33.4 Å². The molecule has 1 saturated heterocycles. The molecule has 0 aliphatic carbocycles. The lowest BCUT2D eigenvalue weighted by molar-refractivity contribution is -0.116. The smallest absolute Gasteiger partial charge is 0.195 e. The van der Waals surface area contributed by atoms with Crippen LogP contribution in [0.15, 0.2) is 10.6 Å². The Morgan fingerprint density at radius 1 is 1.69 bits per heavy atom. The van der Waals surface area contributed by atoms with Crippen molar-refractivity contribution in [3.8, 4) is 0 Å². The molecule has 0 N–H and O–H groups in total. The molecule has 4 heteroatoms. The van der Waals surface area contributed by atoms with E-state index >= 15 is 0 Å². The number of hydrogen-bond acceptors (Lipinski definition) is 4. The Morgan fingerprint density at radius 3 is 3.12 bits per heavy atom. The van der Waals surface area contributed by atoms with Crippen molar-refractivity contribution in [2.24, 2.45) is 0 Å². The van der Waals surface area contributed by atoms with Gasteiger partial charge < -0.3 is 9.32 Å². The van der Waals surface area contributed by atoms with Gasteiger partial charge in [-0.15, -0.1) is 0 Å². The highest BCUT2D eigenvalue weighted by Gasteiger charge is 2.22. The molecule has 1 aromatic heterocycles. The largest absolute Gasteiger partial charge is 0.445 e. The van der Waals surface area contributed by atoms with E-state index in [2.05, 4.69) is 16.9 Å². The van der Waals surface area contributed by atoms with Crippen LogP contribution in [-0.4, -0.2) is 35.3 Å². The van der Waals surface area contributed by atoms with Crippen molar-refractivity contribution in [3.63, 3.8) is 0 Å². The molecule has 2 rings (SSSR count). The Morgan fingerprint density at radius 2 is 2.50 bits per heavy atom. The third kappa shape index (κ3) is 2.70. The molecule has 0 bridgehead atoms. The maximum absolute atomic E-state index is 10.9. The predicted octanol–water partition coefficient (Wildman–Crippen LogP) is 1.44. The summed E-state index contributed by atoms with van der Waals surface area (Å²) >= 11 is 0. The number of aromatic nitrogens is 1. The van der Waals surface area contributed by atoms with Crippen LogP contribution in [0.2, 0.25) is 0 Å². The average Bonchev–Trinajstić information content (AvgIpc) is 2.77. The van der Waals surface area contributed by atoms with E-state index in [1.54, 1.807) is 13.1 Å². The molecule has 1 aliphatic heterocycles. The molecule has 1 fully saturated rings. The monoisotopic (exact) mass is 222 g/mol. The average molecular weight is 222 g/mol. The predicted molar refractivity (Wildman–Crippen MR) is 60.2 cm³/mol. The van der Waals surface area contributed by atoms with Gasteiger partial charge in [0.2, 0.25) is 0 Å². The van der Waals surface area contributed by atoms with Gasteiger partial charge in [-0.2, -0.15) is 0 Å². The molecule has 0 amide bonds. The lowest BCUT2D eigenvalue weighted by Crippen LogP contribution is -2.26. The molecule has 2 heterocycles. The van der Waals surface area contributed by atoms with Crippen LogP contribution in [0.4, 0.5) is 0 Å². The zero-order valence-electron chi connectivity index (χ0n) is 9.90. The van der Waals surface area contributed by atoms with Gasteiger partial charge in [0.05, 0.1) is 12.6 Å². The van der Waals surface area contributed by atoms with Gasteiger partial charge in [-0.1, -0.05) is 0 Å². The van der Waals surface area contributed by atoms with Gasteiger partial charge in [0, 0.05) is 12.5 Å². The van der Waals surface area contributed by atoms with Crippen LogP contribution in [0.25, 0.3) is 0 Å². The molecule has 16 heavy (non-hydrogen) atoms. The van der Waals surface area contributed by atoms with Gasteiger partial charge >= 0.3 is 0 Å². The van der Waals surface area contributed by atoms with Crippen molar-refractivity contribution in [3.05, 3.63) is 17.8 Å². The van der Waals surface area contributed by atoms with Gasteiger partial charge in [0.15, 0.2) is 5.89 Å². The maximum atomic E-state index is 10.9. The Bertz CT molecular complexity index is 373. The molecule has 4 nitrogen and oxygen atoms in total. The molecule has 88 valence electrons. The number of rotatable bonds is 4. The summed E-state index contributed by atoms with van der Waals surface area (Å²) in [6.45, 7) is 2.72. The fourth-order valence-electron chi connectivity index (χ4n) is 2.21. The first-order chi connectivity index (χ1) is 7.65. The summed E-state index contributed by atoms with van der Waals surface area (Å²) in [5.41, 5.74) is 0. The minimum absolute atomic E-state index is 0.112. The van der Waals surface area contributed by atoms with E-state index in [9.17, 15) is 4.79 Å². The molecule has 1 unspecified atom stereocenters. The summed E-state index contributed by atoms with van der Waals surface area (Å²) in [7, 11) is 2.14. The van der Waals surface area contributed by atoms with E-state index in [0.717, 1.165) is 18.9 Å². The number of carbonyl (C=O) groups is 1. The van der Waals surface area contributed by atoms with Crippen molar-refractivity contribution >= 4 is 5.78 Å². The van der Waals surface area contributed by atoms with Gasteiger partial charge in [-0.25, -0.2) is 4.98 Å². The zero-order valence-corrected chi connectivity index (χ0v) is 9.90. The van der Waals surface area contributed by atoms with Gasteiger partial charge in [0.25, 0.3) is 0 Å². The third-order valence-electron chi connectivity index (χ3n) is 3.11. The van der Waals surface area contributed by atoms with Crippen LogP contribution in [0.1, 0.15) is 31.4 Å². The highest BCUT2D eigenvalue weighted by molar-refractivity contribution is 5.77. The van der Waals surface area contributed by atoms with Crippen LogP contribution in [0.5, 0.6) is 0 Å². The topological polar surface area (TPSA) is 46.3 Å². The summed E-state index contributed by atoms with van der Waals surface area (Å²) in [5, 5.41) is 0. The summed E-state index contributed by atoms with van der Waals surface area (Å²) in [5.74, 6) is 1.55. The van der Waals surface area contributed by atoms with Crippen LogP contribution in [0.3, 0.4) is 0 Å². The van der Waals surface area contributed by atoms with Gasteiger partial charge in [-0.3, -0.25) is 4.79 Å². The van der Waals surface area contributed by atoms with Crippen LogP contribution < -0.4 is 0 Å². The Balaban J connectivity index is 1.94. The molecular weight excluding hydrogens is 204 g/mol. The number of likely N-dealkylation sites (N-methyl/N-ethyl adjacent to an activating group) is 1. The quantitative estimate of drug-likeness (QED) is 0.773. The fraction of sp³-hybridized carbons (Fsp3) is 0.667. The number of likely N-dealkylation sites (tertiary alicyclic amines) is 1. The van der Waals surface area contributed by atoms with Crippen LogP contribution in [-0.2, 0) is 17.6 Å². The third-order valence-corrected chi connectivity index (χ3v) is 3.11. The summed E-state index contributed by atoms with van der Waals surface area (Å²) in [6.07, 6.45) is 5.34. The maximum Gasteiger partial charge on any atom is 0.195 e. The number of Topliss-reactive ketones (excluding diaryl/α,β-unsaturated/α-hetero) is 1. The second-order valence-corrected chi connectivity index (χ2v) is 4.58. The highest BCUT2D eigenvalue weighted by Crippen LogP contribution is 2.19. The molecule has 1 aliphatic rings. The normalized spacial score (nSPS) is 21.5. The summed E-state index contributed by atoms with van der Waals surface area (Å²) in [6, 6.07) is 0.545. The van der Waals surface area contributed by atoms with Crippen LogP contribution in [0, 0.1) is 0 Å². The minimum atomic E-state index is 0.112. The summed E-state index contributed by atoms with van der Waals surface area (Å²) < 4.78 is 5.55. The molecule has 0 radical (unpaired) electrons. The first-order valence-corrected chi connectivity index (χ1v) is 5.78. The number of oxazole rings is 1. The Kier molecular flexibility index (Phi) is 3.39. The fourth-order valence-corrected chi connectivity index (χ4v) is 2.21. The van der Waals surface area contributed by atoms with E-state index in [1.165, 1.54) is 12.8 Å². The first-order valence-electron chi connectivity index (χ1n) is 5.78. The van der Waals surface area contributed by atoms with Crippen molar-refractivity contribution in [2.75, 3.05) is 13.6 Å². The second-order valence-electron chi connectivity index (χ2n) is 4.58. The summed E-state index contributed by atoms with van der Waals surface area (Å²) in [4.78, 5) is 17.5. The van der Waals surface area contributed by atoms with E-state index in [1.807, 2.05) is 0 Å². The number of carbonyl (C=O) groups excluding carboxylic acids is 1. The standard InChI is InChI=1S/C12H18N2O2/c1-9(15)6-11-8-13-12(16-11)7-10-4-3-5-14(10)2/h8,10H,3-7H2,1-2H3. The zero-order chi connectivity index (χ0) is 11.5. The van der Waals surface area contributed by atoms with Crippen LogP contribution >= 0.6 is 0 Å². The lowest BCUT2D eigenvalue weighted by Gasteiger charge is -2.17. The van der Waals surface area contributed by atoms with E-state index < -0.39 is 0 Å². The minimum Gasteiger partial charge on any atom is -0.445 e. The SMILES string of the molecule is CC(=O)Cc1cnc(CC2CCCN2C)o1. The number of ketones is 1. The molecule has 1 aromatic rings. The first kappa shape index (κ1) is 11.3. The highest BCUT2D eigenvalue weighted by atomic mass is 16.4. The number of nitrogens with zero attached hydrogens (tertiary/aromatic N) is 2. The van der Waals surface area contributed by atoms with E-state index in [-0.39, 0.29) is 5.78 Å². The Hall–Kier alpha value is -1.16. The Labute approximate surface area is 95.6 Å². The molecule has 0 aromatic carbocycles. The van der Waals surface area contributed by atoms with Crippen molar-refractivity contribution < 1.29 is 9.21 Å². The lowest BCUT2D eigenvalue weighted by atomic mass is 10.1. The molecule has 1 atom stereocenters. The van der Waals surface area contributed by atoms with E-state index in [0.29, 0.717) is 18.2 Å². The molecule has 0 spiro atoms. The van der Waals surface area contributed by atoms with E-state index in [4.69, 9.17) is 4.42 Å².